The fourth-order valence-corrected chi connectivity index (χ4v) is 3.38. The molecule has 1 aromatic heterocycles. The quantitative estimate of drug-likeness (QED) is 0.469. The molecule has 164 valence electrons. The highest BCUT2D eigenvalue weighted by atomic mass is 19.4. The van der Waals surface area contributed by atoms with E-state index >= 15 is 0 Å². The molecule has 1 saturated carbocycles. The maximum atomic E-state index is 11.9. The Balaban J connectivity index is 1.82. The molecule has 1 aliphatic carbocycles. The van der Waals surface area contributed by atoms with E-state index < -0.39 is 18.3 Å². The normalized spacial score (nSPS) is 16.8. The number of aromatic nitrogens is 2. The molecule has 0 atom stereocenters. The second kappa shape index (κ2) is 10.6. The van der Waals surface area contributed by atoms with E-state index in [0.717, 1.165) is 38.5 Å². The predicted molar refractivity (Wildman–Crippen MR) is 95.7 cm³/mol. The van der Waals surface area contributed by atoms with E-state index in [1.54, 1.807) is 0 Å². The first-order chi connectivity index (χ1) is 13.7. The number of nitrogens with one attached hydrogen (secondary N) is 2. The molecule has 8 nitrogen and oxygen atoms in total. The molecule has 1 aromatic rings. The number of hydrogen-bond acceptors (Lipinski definition) is 6. The number of amides is 2. The van der Waals surface area contributed by atoms with Crippen LogP contribution >= 0.6 is 0 Å². The number of alkyl halides is 3. The number of aryl methyl sites for hydroxylation is 1. The van der Waals surface area contributed by atoms with Crippen molar-refractivity contribution >= 4 is 11.8 Å². The molecule has 29 heavy (non-hydrogen) atoms. The Morgan fingerprint density at radius 1 is 1.21 bits per heavy atom. The lowest BCUT2D eigenvalue weighted by Gasteiger charge is -2.30. The van der Waals surface area contributed by atoms with Gasteiger partial charge in [0.05, 0.1) is 6.61 Å². The summed E-state index contributed by atoms with van der Waals surface area (Å²) in [6.07, 6.45) is 1.37. The van der Waals surface area contributed by atoms with Crippen molar-refractivity contribution < 1.29 is 32.0 Å². The minimum Gasteiger partial charge on any atom is -0.370 e. The Hall–Kier alpha value is -2.17. The van der Waals surface area contributed by atoms with E-state index in [-0.39, 0.29) is 43.7 Å². The van der Waals surface area contributed by atoms with Crippen molar-refractivity contribution in [2.24, 2.45) is 0 Å². The third-order valence-electron chi connectivity index (χ3n) is 4.67. The number of hydrogen-bond donors (Lipinski definition) is 2. The summed E-state index contributed by atoms with van der Waals surface area (Å²) in [5.74, 6) is 0.180. The second-order valence-corrected chi connectivity index (χ2v) is 7.21. The average Bonchev–Trinajstić information content (AvgIpc) is 2.99. The molecule has 0 aromatic carbocycles. The van der Waals surface area contributed by atoms with Crippen LogP contribution in [0.25, 0.3) is 0 Å². The second-order valence-electron chi connectivity index (χ2n) is 7.21. The molecule has 2 N–H and O–H groups in total. The van der Waals surface area contributed by atoms with Crippen LogP contribution in [0.1, 0.15) is 63.6 Å². The smallest absolute Gasteiger partial charge is 0.370 e. The summed E-state index contributed by atoms with van der Waals surface area (Å²) in [6, 6.07) is 0. The average molecular weight is 420 g/mol. The molecule has 0 unspecified atom stereocenters. The molecular weight excluding hydrogens is 393 g/mol. The molecule has 0 bridgehead atoms. The fourth-order valence-electron chi connectivity index (χ4n) is 3.38. The largest absolute Gasteiger partial charge is 0.411 e. The van der Waals surface area contributed by atoms with Gasteiger partial charge in [-0.1, -0.05) is 30.8 Å². The topological polar surface area (TPSA) is 106 Å². The summed E-state index contributed by atoms with van der Waals surface area (Å²) in [5.41, 5.74) is -0.651. The van der Waals surface area contributed by atoms with Gasteiger partial charge in [0.25, 0.3) is 0 Å². The molecule has 0 saturated heterocycles. The summed E-state index contributed by atoms with van der Waals surface area (Å²) in [6.45, 7) is -0.134. The third-order valence-corrected chi connectivity index (χ3v) is 4.67. The van der Waals surface area contributed by atoms with E-state index in [4.69, 9.17) is 4.52 Å². The van der Waals surface area contributed by atoms with Crippen molar-refractivity contribution in [2.45, 2.75) is 70.0 Å². The van der Waals surface area contributed by atoms with Crippen LogP contribution in [0.15, 0.2) is 4.52 Å². The van der Waals surface area contributed by atoms with Crippen molar-refractivity contribution in [1.29, 1.82) is 0 Å². The molecule has 2 amide bonds. The molecule has 11 heteroatoms. The first kappa shape index (κ1) is 23.1. The molecule has 0 spiro atoms. The number of ether oxygens (including phenoxy) is 1. The molecule has 0 aliphatic heterocycles. The van der Waals surface area contributed by atoms with Gasteiger partial charge in [0.2, 0.25) is 17.7 Å². The van der Waals surface area contributed by atoms with Crippen LogP contribution in [0.3, 0.4) is 0 Å². The number of carbonyl (C=O) groups is 2. The van der Waals surface area contributed by atoms with Gasteiger partial charge in [0.1, 0.15) is 12.1 Å². The SMILES string of the molecule is CC(=O)NC1(c2noc(CCC(=O)NCCOCC(F)(F)F)n2)CCCCCC1. The van der Waals surface area contributed by atoms with Crippen LogP contribution in [0.5, 0.6) is 0 Å². The van der Waals surface area contributed by atoms with Gasteiger partial charge in [-0.3, -0.25) is 9.59 Å². The lowest BCUT2D eigenvalue weighted by atomic mass is 9.89. The zero-order valence-corrected chi connectivity index (χ0v) is 16.4. The lowest BCUT2D eigenvalue weighted by Crippen LogP contribution is -2.45. The first-order valence-corrected chi connectivity index (χ1v) is 9.73. The van der Waals surface area contributed by atoms with Gasteiger partial charge < -0.3 is 19.9 Å². The van der Waals surface area contributed by atoms with Crippen LogP contribution in [-0.4, -0.2) is 47.9 Å². The van der Waals surface area contributed by atoms with Crippen molar-refractivity contribution in [3.8, 4) is 0 Å². The third kappa shape index (κ3) is 8.00. The van der Waals surface area contributed by atoms with Crippen LogP contribution in [0.2, 0.25) is 0 Å². The standard InChI is InChI=1S/C18H27F3N4O4/c1-13(26)24-17(8-4-2-3-5-9-17)16-23-15(29-25-16)7-6-14(27)22-10-11-28-12-18(19,20)21/h2-12H2,1H3,(H,22,27)(H,24,26). The summed E-state index contributed by atoms with van der Waals surface area (Å²) in [4.78, 5) is 27.9. The maximum absolute atomic E-state index is 11.9. The van der Waals surface area contributed by atoms with Gasteiger partial charge in [0, 0.05) is 26.3 Å². The van der Waals surface area contributed by atoms with Crippen molar-refractivity contribution in [3.63, 3.8) is 0 Å². The first-order valence-electron chi connectivity index (χ1n) is 9.73. The Kier molecular flexibility index (Phi) is 8.42. The highest BCUT2D eigenvalue weighted by molar-refractivity contribution is 5.76. The van der Waals surface area contributed by atoms with E-state index in [1.807, 2.05) is 0 Å². The number of nitrogens with zero attached hydrogens (tertiary/aromatic N) is 2. The van der Waals surface area contributed by atoms with Gasteiger partial charge in [-0.2, -0.15) is 18.2 Å². The Labute approximate surface area is 166 Å². The van der Waals surface area contributed by atoms with E-state index in [9.17, 15) is 22.8 Å². The van der Waals surface area contributed by atoms with Gasteiger partial charge in [0.15, 0.2) is 5.82 Å². The molecular formula is C18H27F3N4O4. The fraction of sp³-hybridized carbons (Fsp3) is 0.778. The van der Waals surface area contributed by atoms with E-state index in [0.29, 0.717) is 5.82 Å². The molecule has 1 fully saturated rings. The van der Waals surface area contributed by atoms with Crippen molar-refractivity contribution in [1.82, 2.24) is 20.8 Å². The van der Waals surface area contributed by atoms with Crippen molar-refractivity contribution in [2.75, 3.05) is 19.8 Å². The molecule has 1 aliphatic rings. The van der Waals surface area contributed by atoms with Gasteiger partial charge >= 0.3 is 6.18 Å². The minimum atomic E-state index is -4.38. The summed E-state index contributed by atoms with van der Waals surface area (Å²) >= 11 is 0. The van der Waals surface area contributed by atoms with Crippen LogP contribution < -0.4 is 10.6 Å². The highest BCUT2D eigenvalue weighted by Gasteiger charge is 2.38. The monoisotopic (exact) mass is 420 g/mol. The number of carbonyl (C=O) groups excluding carboxylic acids is 2. The summed E-state index contributed by atoms with van der Waals surface area (Å²) < 4.78 is 45.5. The maximum Gasteiger partial charge on any atom is 0.411 e. The predicted octanol–water partition coefficient (Wildman–Crippen LogP) is 2.38. The Morgan fingerprint density at radius 3 is 2.52 bits per heavy atom. The molecule has 0 radical (unpaired) electrons. The number of halogens is 3. The minimum absolute atomic E-state index is 0.0182. The van der Waals surface area contributed by atoms with Crippen LogP contribution in [0.4, 0.5) is 13.2 Å². The molecule has 1 heterocycles. The van der Waals surface area contributed by atoms with Crippen LogP contribution in [0, 0.1) is 0 Å². The Bertz CT molecular complexity index is 670. The van der Waals surface area contributed by atoms with Crippen molar-refractivity contribution in [3.05, 3.63) is 11.7 Å². The summed E-state index contributed by atoms with van der Waals surface area (Å²) in [5, 5.41) is 9.49. The van der Waals surface area contributed by atoms with Gasteiger partial charge in [-0.05, 0) is 12.8 Å². The lowest BCUT2D eigenvalue weighted by molar-refractivity contribution is -0.173. The zero-order valence-electron chi connectivity index (χ0n) is 16.4. The zero-order chi connectivity index (χ0) is 21.3. The van der Waals surface area contributed by atoms with E-state index in [1.165, 1.54) is 6.92 Å². The van der Waals surface area contributed by atoms with E-state index in [2.05, 4.69) is 25.5 Å². The summed E-state index contributed by atoms with van der Waals surface area (Å²) in [7, 11) is 0. The van der Waals surface area contributed by atoms with Crippen LogP contribution in [-0.2, 0) is 26.3 Å². The Morgan fingerprint density at radius 2 is 1.90 bits per heavy atom. The van der Waals surface area contributed by atoms with Gasteiger partial charge in [-0.15, -0.1) is 0 Å². The molecule has 2 rings (SSSR count). The highest BCUT2D eigenvalue weighted by Crippen LogP contribution is 2.34. The number of rotatable bonds is 9. The van der Waals surface area contributed by atoms with Gasteiger partial charge in [-0.25, -0.2) is 0 Å².